The van der Waals surface area contributed by atoms with Crippen LogP contribution in [-0.2, 0) is 9.59 Å². The van der Waals surface area contributed by atoms with Crippen molar-refractivity contribution in [3.05, 3.63) is 46.3 Å². The summed E-state index contributed by atoms with van der Waals surface area (Å²) < 4.78 is 0. The lowest BCUT2D eigenvalue weighted by Crippen LogP contribution is -2.21. The molecule has 7 nitrogen and oxygen atoms in total. The monoisotopic (exact) mass is 266 g/mol. The van der Waals surface area contributed by atoms with Crippen molar-refractivity contribution < 1.29 is 35.1 Å². The van der Waals surface area contributed by atoms with Crippen LogP contribution in [0.15, 0.2) is 46.3 Å². The summed E-state index contributed by atoms with van der Waals surface area (Å²) in [6.45, 7) is 0. The summed E-state index contributed by atoms with van der Waals surface area (Å²) in [7, 11) is 0. The molecule has 0 fully saturated rings. The van der Waals surface area contributed by atoms with E-state index in [4.69, 9.17) is 5.11 Å². The third kappa shape index (κ3) is 1.95. The fourth-order valence-electron chi connectivity index (χ4n) is 2.01. The Kier molecular flexibility index (Phi) is 2.82. The van der Waals surface area contributed by atoms with Crippen LogP contribution in [0.2, 0.25) is 0 Å². The molecule has 0 heterocycles. The van der Waals surface area contributed by atoms with Crippen LogP contribution in [0.4, 0.5) is 0 Å². The first-order chi connectivity index (χ1) is 8.82. The largest absolute Gasteiger partial charge is 0.508 e. The highest BCUT2D eigenvalue weighted by molar-refractivity contribution is 6.10. The van der Waals surface area contributed by atoms with Crippen molar-refractivity contribution in [2.75, 3.05) is 0 Å². The number of hydrogen-bond donors (Lipinski definition) is 5. The van der Waals surface area contributed by atoms with E-state index in [1.54, 1.807) is 0 Å². The number of Topliss-reactive ketones (excluding diaryl/α,β-unsaturated/α-hetero) is 1. The topological polar surface area (TPSA) is 135 Å². The fraction of sp³-hybridized carbons (Fsp3) is 0.167. The summed E-state index contributed by atoms with van der Waals surface area (Å²) in [5.41, 5.74) is -0.687. The van der Waals surface area contributed by atoms with Gasteiger partial charge in [0.15, 0.2) is 17.3 Å². The number of carboxylic acid groups (broad SMARTS) is 1. The van der Waals surface area contributed by atoms with Gasteiger partial charge in [-0.2, -0.15) is 0 Å². The van der Waals surface area contributed by atoms with Gasteiger partial charge in [0, 0.05) is 12.3 Å². The smallest absolute Gasteiger partial charge is 0.335 e. The third-order valence-electron chi connectivity index (χ3n) is 2.93. The Morgan fingerprint density at radius 3 is 2.37 bits per heavy atom. The van der Waals surface area contributed by atoms with Crippen molar-refractivity contribution in [3.8, 4) is 0 Å². The van der Waals surface area contributed by atoms with Crippen molar-refractivity contribution in [2.24, 2.45) is 5.92 Å². The molecule has 0 saturated carbocycles. The number of aliphatic carboxylic acids is 1. The number of carboxylic acids is 1. The molecular weight excluding hydrogens is 256 g/mol. The SMILES string of the molecule is O=C(O)C1=CC2CC(O)=C(O)C(O)=C2C(=O)C(O)=C1. The van der Waals surface area contributed by atoms with Crippen LogP contribution in [0.3, 0.4) is 0 Å². The van der Waals surface area contributed by atoms with E-state index >= 15 is 0 Å². The second-order valence-electron chi connectivity index (χ2n) is 4.15. The molecule has 0 radical (unpaired) electrons. The van der Waals surface area contributed by atoms with Crippen molar-refractivity contribution in [3.63, 3.8) is 0 Å². The first-order valence-electron chi connectivity index (χ1n) is 5.28. The number of hydrogen-bond acceptors (Lipinski definition) is 6. The second kappa shape index (κ2) is 4.20. The highest BCUT2D eigenvalue weighted by Crippen LogP contribution is 2.36. The molecule has 2 aliphatic carbocycles. The molecular formula is C12H10O7. The number of rotatable bonds is 1. The van der Waals surface area contributed by atoms with E-state index in [0.29, 0.717) is 0 Å². The highest BCUT2D eigenvalue weighted by atomic mass is 16.4. The minimum absolute atomic E-state index is 0.241. The molecule has 0 aromatic heterocycles. The Morgan fingerprint density at radius 1 is 1.16 bits per heavy atom. The molecule has 0 spiro atoms. The quantitative estimate of drug-likeness (QED) is 0.480. The molecule has 0 amide bonds. The molecule has 5 N–H and O–H groups in total. The number of allylic oxidation sites excluding steroid dienone is 3. The number of aliphatic hydroxyl groups is 4. The fourth-order valence-corrected chi connectivity index (χ4v) is 2.01. The molecule has 1 unspecified atom stereocenters. The Hall–Kier alpha value is -2.70. The molecule has 7 heteroatoms. The molecule has 2 rings (SSSR count). The molecule has 100 valence electrons. The van der Waals surface area contributed by atoms with Gasteiger partial charge < -0.3 is 25.5 Å². The third-order valence-corrected chi connectivity index (χ3v) is 2.93. The van der Waals surface area contributed by atoms with Crippen molar-refractivity contribution >= 4 is 11.8 Å². The maximum Gasteiger partial charge on any atom is 0.335 e. The van der Waals surface area contributed by atoms with E-state index in [2.05, 4.69) is 0 Å². The van der Waals surface area contributed by atoms with Gasteiger partial charge in [-0.15, -0.1) is 0 Å². The zero-order valence-corrected chi connectivity index (χ0v) is 9.49. The zero-order valence-electron chi connectivity index (χ0n) is 9.49. The molecule has 19 heavy (non-hydrogen) atoms. The zero-order chi connectivity index (χ0) is 14.3. The van der Waals surface area contributed by atoms with Crippen LogP contribution in [-0.4, -0.2) is 37.3 Å². The van der Waals surface area contributed by atoms with Crippen LogP contribution in [0, 0.1) is 5.92 Å². The molecule has 0 aromatic rings. The first kappa shape index (κ1) is 12.7. The Morgan fingerprint density at radius 2 is 1.79 bits per heavy atom. The van der Waals surface area contributed by atoms with Gasteiger partial charge in [0.05, 0.1) is 11.1 Å². The predicted molar refractivity (Wildman–Crippen MR) is 61.5 cm³/mol. The van der Waals surface area contributed by atoms with E-state index in [9.17, 15) is 30.0 Å². The minimum atomic E-state index is -1.36. The summed E-state index contributed by atoms with van der Waals surface area (Å²) in [5.74, 6) is -6.41. The summed E-state index contributed by atoms with van der Waals surface area (Å²) in [5, 5.41) is 46.9. The molecule has 0 aliphatic heterocycles. The number of carbonyl (C=O) groups excluding carboxylic acids is 1. The van der Waals surface area contributed by atoms with Gasteiger partial charge in [-0.3, -0.25) is 4.79 Å². The summed E-state index contributed by atoms with van der Waals surface area (Å²) in [6.07, 6.45) is 1.64. The van der Waals surface area contributed by atoms with E-state index < -0.39 is 40.7 Å². The summed E-state index contributed by atoms with van der Waals surface area (Å²) in [6, 6.07) is 0. The van der Waals surface area contributed by atoms with E-state index in [1.165, 1.54) is 0 Å². The van der Waals surface area contributed by atoms with Crippen LogP contribution in [0.5, 0.6) is 0 Å². The van der Waals surface area contributed by atoms with Gasteiger partial charge in [0.25, 0.3) is 0 Å². The number of ketones is 1. The lowest BCUT2D eigenvalue weighted by atomic mass is 9.85. The highest BCUT2D eigenvalue weighted by Gasteiger charge is 2.36. The second-order valence-corrected chi connectivity index (χ2v) is 4.15. The molecule has 0 bridgehead atoms. The van der Waals surface area contributed by atoms with Gasteiger partial charge in [0.2, 0.25) is 5.78 Å². The normalized spacial score (nSPS) is 23.6. The van der Waals surface area contributed by atoms with Gasteiger partial charge >= 0.3 is 5.97 Å². The van der Waals surface area contributed by atoms with Crippen molar-refractivity contribution in [2.45, 2.75) is 6.42 Å². The Balaban J connectivity index is 2.65. The van der Waals surface area contributed by atoms with Gasteiger partial charge in [0.1, 0.15) is 5.76 Å². The van der Waals surface area contributed by atoms with Crippen molar-refractivity contribution in [1.82, 2.24) is 0 Å². The molecule has 0 saturated heterocycles. The van der Waals surface area contributed by atoms with E-state index in [1.807, 2.05) is 0 Å². The molecule has 1 atom stereocenters. The van der Waals surface area contributed by atoms with Gasteiger partial charge in [-0.25, -0.2) is 4.79 Å². The van der Waals surface area contributed by atoms with Gasteiger partial charge in [-0.05, 0) is 6.08 Å². The summed E-state index contributed by atoms with van der Waals surface area (Å²) in [4.78, 5) is 22.8. The Labute approximate surface area is 106 Å². The van der Waals surface area contributed by atoms with Crippen molar-refractivity contribution in [1.29, 1.82) is 0 Å². The molecule has 2 aliphatic rings. The first-order valence-corrected chi connectivity index (χ1v) is 5.28. The van der Waals surface area contributed by atoms with Gasteiger partial charge in [-0.1, -0.05) is 6.08 Å². The van der Waals surface area contributed by atoms with Crippen LogP contribution >= 0.6 is 0 Å². The average Bonchev–Trinajstić information content (AvgIpc) is 2.45. The van der Waals surface area contributed by atoms with Crippen LogP contribution in [0.25, 0.3) is 0 Å². The van der Waals surface area contributed by atoms with E-state index in [0.717, 1.165) is 12.2 Å². The summed E-state index contributed by atoms with van der Waals surface area (Å²) >= 11 is 0. The standard InChI is InChI=1S/C12H10O7/c13-6-3-5(12(18)19)1-4-2-7(14)10(16)11(17)8(4)9(6)15/h1,3-4,13-14,16-17H,2H2,(H,18,19). The lowest BCUT2D eigenvalue weighted by Gasteiger charge is -2.21. The number of fused-ring (bicyclic) bond motifs is 1. The number of aliphatic hydroxyl groups excluding tert-OH is 4. The molecule has 0 aromatic carbocycles. The van der Waals surface area contributed by atoms with Crippen LogP contribution in [0.1, 0.15) is 6.42 Å². The predicted octanol–water partition coefficient (Wildman–Crippen LogP) is 1.18. The number of carbonyl (C=O) groups is 2. The van der Waals surface area contributed by atoms with Crippen LogP contribution < -0.4 is 0 Å². The average molecular weight is 266 g/mol. The maximum atomic E-state index is 11.8. The maximum absolute atomic E-state index is 11.8. The Bertz CT molecular complexity index is 604. The lowest BCUT2D eigenvalue weighted by molar-refractivity contribution is -0.132. The van der Waals surface area contributed by atoms with E-state index in [-0.39, 0.29) is 17.6 Å². The minimum Gasteiger partial charge on any atom is -0.508 e.